The summed E-state index contributed by atoms with van der Waals surface area (Å²) in [5, 5.41) is 8.91. The molecule has 2 aromatic carbocycles. The van der Waals surface area contributed by atoms with E-state index in [-0.39, 0.29) is 11.8 Å². The van der Waals surface area contributed by atoms with Crippen molar-refractivity contribution >= 4 is 17.4 Å². The summed E-state index contributed by atoms with van der Waals surface area (Å²) < 4.78 is 5.35. The summed E-state index contributed by atoms with van der Waals surface area (Å²) in [7, 11) is 1.69. The summed E-state index contributed by atoms with van der Waals surface area (Å²) in [6.07, 6.45) is 1.92. The molecule has 0 spiro atoms. The third kappa shape index (κ3) is 4.83. The van der Waals surface area contributed by atoms with Gasteiger partial charge in [-0.1, -0.05) is 36.4 Å². The van der Waals surface area contributed by atoms with Crippen LogP contribution in [0.25, 0.3) is 11.3 Å². The number of aromatic nitrogens is 2. The normalized spacial score (nSPS) is 18.6. The van der Waals surface area contributed by atoms with Gasteiger partial charge in [-0.15, -0.1) is 10.2 Å². The zero-order chi connectivity index (χ0) is 23.3. The minimum atomic E-state index is 0.00715. The number of hydrogen-bond donors (Lipinski definition) is 0. The average Bonchev–Trinajstić information content (AvgIpc) is 2.93. The fraction of sp³-hybridized carbons (Fsp3) is 0.370. The number of benzene rings is 2. The van der Waals surface area contributed by atoms with E-state index in [1.54, 1.807) is 7.11 Å². The van der Waals surface area contributed by atoms with Crippen LogP contribution in [0.3, 0.4) is 0 Å². The summed E-state index contributed by atoms with van der Waals surface area (Å²) >= 11 is 0. The number of anilines is 2. The van der Waals surface area contributed by atoms with Gasteiger partial charge in [-0.05, 0) is 37.1 Å². The van der Waals surface area contributed by atoms with Gasteiger partial charge in [-0.25, -0.2) is 0 Å². The average molecular weight is 458 g/mol. The molecule has 7 heteroatoms. The maximum absolute atomic E-state index is 13.3. The van der Waals surface area contributed by atoms with Crippen LogP contribution in [0.1, 0.15) is 12.8 Å². The Hall–Kier alpha value is -3.61. The van der Waals surface area contributed by atoms with E-state index in [0.29, 0.717) is 6.54 Å². The minimum absolute atomic E-state index is 0.00715. The van der Waals surface area contributed by atoms with Crippen LogP contribution < -0.4 is 14.5 Å². The van der Waals surface area contributed by atoms with Crippen molar-refractivity contribution in [3.8, 4) is 17.0 Å². The molecule has 0 bridgehead atoms. The maximum atomic E-state index is 13.3. The molecule has 3 aromatic rings. The summed E-state index contributed by atoms with van der Waals surface area (Å²) in [5.74, 6) is 1.98. The lowest BCUT2D eigenvalue weighted by atomic mass is 9.96. The molecule has 2 aliphatic heterocycles. The number of piperidine rings is 1. The monoisotopic (exact) mass is 457 g/mol. The summed E-state index contributed by atoms with van der Waals surface area (Å²) in [6, 6.07) is 22.2. The molecule has 1 amide bonds. The molecule has 0 N–H and O–H groups in total. The van der Waals surface area contributed by atoms with Crippen molar-refractivity contribution in [3.63, 3.8) is 0 Å². The highest BCUT2D eigenvalue weighted by Gasteiger charge is 2.31. The van der Waals surface area contributed by atoms with E-state index >= 15 is 0 Å². The second kappa shape index (κ2) is 10.1. The first-order chi connectivity index (χ1) is 16.7. The second-order valence-corrected chi connectivity index (χ2v) is 8.94. The van der Waals surface area contributed by atoms with Crippen LogP contribution in [0.5, 0.6) is 5.75 Å². The summed E-state index contributed by atoms with van der Waals surface area (Å²) in [4.78, 5) is 19.9. The van der Waals surface area contributed by atoms with Crippen molar-refractivity contribution in [1.29, 1.82) is 0 Å². The van der Waals surface area contributed by atoms with E-state index in [1.807, 2.05) is 59.5 Å². The van der Waals surface area contributed by atoms with Crippen molar-refractivity contribution in [2.75, 3.05) is 56.2 Å². The number of methoxy groups -OCH3 is 1. The molecule has 0 radical (unpaired) electrons. The van der Waals surface area contributed by atoms with Gasteiger partial charge in [0.1, 0.15) is 5.75 Å². The Morgan fingerprint density at radius 1 is 0.882 bits per heavy atom. The molecular formula is C27H31N5O2. The van der Waals surface area contributed by atoms with Crippen LogP contribution in [-0.2, 0) is 4.79 Å². The summed E-state index contributed by atoms with van der Waals surface area (Å²) in [6.45, 7) is 4.78. The van der Waals surface area contributed by atoms with E-state index in [0.717, 1.165) is 74.1 Å². The van der Waals surface area contributed by atoms with Gasteiger partial charge < -0.3 is 19.4 Å². The molecule has 5 rings (SSSR count). The molecule has 0 saturated carbocycles. The maximum Gasteiger partial charge on any atom is 0.227 e. The van der Waals surface area contributed by atoms with Gasteiger partial charge in [-0.2, -0.15) is 0 Å². The zero-order valence-corrected chi connectivity index (χ0v) is 19.6. The molecule has 2 fully saturated rings. The van der Waals surface area contributed by atoms with Crippen LogP contribution in [0.15, 0.2) is 66.7 Å². The summed E-state index contributed by atoms with van der Waals surface area (Å²) in [5.41, 5.74) is 3.07. The van der Waals surface area contributed by atoms with Gasteiger partial charge in [0.25, 0.3) is 0 Å². The van der Waals surface area contributed by atoms with Crippen molar-refractivity contribution < 1.29 is 9.53 Å². The highest BCUT2D eigenvalue weighted by Crippen LogP contribution is 2.26. The topological polar surface area (TPSA) is 61.8 Å². The predicted molar refractivity (Wildman–Crippen MR) is 134 cm³/mol. The van der Waals surface area contributed by atoms with Crippen LogP contribution in [0.2, 0.25) is 0 Å². The smallest absolute Gasteiger partial charge is 0.227 e. The molecule has 1 unspecified atom stereocenters. The Morgan fingerprint density at radius 3 is 2.44 bits per heavy atom. The lowest BCUT2D eigenvalue weighted by Crippen LogP contribution is -2.52. The highest BCUT2D eigenvalue weighted by molar-refractivity contribution is 5.80. The largest absolute Gasteiger partial charge is 0.497 e. The third-order valence-corrected chi connectivity index (χ3v) is 6.82. The van der Waals surface area contributed by atoms with Gasteiger partial charge in [0.15, 0.2) is 5.82 Å². The van der Waals surface area contributed by atoms with Crippen molar-refractivity contribution in [1.82, 2.24) is 15.1 Å². The molecule has 34 heavy (non-hydrogen) atoms. The van der Waals surface area contributed by atoms with Gasteiger partial charge in [-0.3, -0.25) is 4.79 Å². The quantitative estimate of drug-likeness (QED) is 0.582. The Morgan fingerprint density at radius 2 is 1.71 bits per heavy atom. The van der Waals surface area contributed by atoms with E-state index in [4.69, 9.17) is 4.74 Å². The minimum Gasteiger partial charge on any atom is -0.497 e. The Balaban J connectivity index is 1.18. The zero-order valence-electron chi connectivity index (χ0n) is 19.6. The fourth-order valence-corrected chi connectivity index (χ4v) is 4.89. The van der Waals surface area contributed by atoms with Crippen molar-refractivity contribution in [2.45, 2.75) is 12.8 Å². The first kappa shape index (κ1) is 22.2. The number of nitrogens with zero attached hydrogens (tertiary/aromatic N) is 5. The van der Waals surface area contributed by atoms with Gasteiger partial charge in [0, 0.05) is 56.6 Å². The Kier molecular flexibility index (Phi) is 6.60. The van der Waals surface area contributed by atoms with E-state index in [9.17, 15) is 4.79 Å². The lowest BCUT2D eigenvalue weighted by molar-refractivity contribution is -0.136. The van der Waals surface area contributed by atoms with Crippen LogP contribution >= 0.6 is 0 Å². The predicted octanol–water partition coefficient (Wildman–Crippen LogP) is 3.72. The van der Waals surface area contributed by atoms with E-state index < -0.39 is 0 Å². The number of piperazine rings is 1. The van der Waals surface area contributed by atoms with E-state index in [1.165, 1.54) is 0 Å². The molecule has 176 valence electrons. The molecule has 1 atom stereocenters. The van der Waals surface area contributed by atoms with Gasteiger partial charge >= 0.3 is 0 Å². The number of amides is 1. The number of carbonyl (C=O) groups excluding carboxylic acids is 1. The Labute approximate surface area is 201 Å². The lowest BCUT2D eigenvalue weighted by Gasteiger charge is -2.40. The van der Waals surface area contributed by atoms with Gasteiger partial charge in [0.05, 0.1) is 18.7 Å². The molecule has 1 aromatic heterocycles. The van der Waals surface area contributed by atoms with Crippen LogP contribution in [-0.4, -0.2) is 67.4 Å². The van der Waals surface area contributed by atoms with Crippen molar-refractivity contribution in [3.05, 3.63) is 66.7 Å². The SMILES string of the molecule is COc1cccc(N2CCN(C(=O)C3CCCN(c4ccc(-c5ccccc5)nn4)C3)CC2)c1. The molecule has 2 saturated heterocycles. The number of carbonyl (C=O) groups is 1. The van der Waals surface area contributed by atoms with E-state index in [2.05, 4.69) is 32.1 Å². The molecular weight excluding hydrogens is 426 g/mol. The van der Waals surface area contributed by atoms with Crippen LogP contribution in [0, 0.1) is 5.92 Å². The molecule has 3 heterocycles. The number of hydrogen-bond acceptors (Lipinski definition) is 6. The molecule has 2 aliphatic rings. The fourth-order valence-electron chi connectivity index (χ4n) is 4.89. The van der Waals surface area contributed by atoms with Crippen molar-refractivity contribution in [2.24, 2.45) is 5.92 Å². The Bertz CT molecular complexity index is 1100. The standard InChI is InChI=1S/C27H31N5O2/c1-34-24-11-5-10-23(19-24)30-15-17-31(18-16-30)27(33)22-9-6-14-32(20-22)26-13-12-25(28-29-26)21-7-3-2-4-8-21/h2-5,7-8,10-13,19,22H,6,9,14-18,20H2,1H3. The van der Waals surface area contributed by atoms with Crippen LogP contribution in [0.4, 0.5) is 11.5 Å². The number of rotatable bonds is 5. The second-order valence-electron chi connectivity index (χ2n) is 8.94. The van der Waals surface area contributed by atoms with Gasteiger partial charge in [0.2, 0.25) is 5.91 Å². The first-order valence-electron chi connectivity index (χ1n) is 12.0. The first-order valence-corrected chi connectivity index (χ1v) is 12.0. The molecule has 0 aliphatic carbocycles. The third-order valence-electron chi connectivity index (χ3n) is 6.82. The molecule has 7 nitrogen and oxygen atoms in total. The highest BCUT2D eigenvalue weighted by atomic mass is 16.5. The number of ether oxygens (including phenoxy) is 1.